The number of carbonyl (C=O) groups is 2. The van der Waals surface area contributed by atoms with E-state index in [1.807, 2.05) is 29.2 Å². The molecule has 1 aromatic rings. The lowest BCUT2D eigenvalue weighted by Gasteiger charge is -2.44. The van der Waals surface area contributed by atoms with Gasteiger partial charge >= 0.3 is 0 Å². The van der Waals surface area contributed by atoms with Gasteiger partial charge in [-0.05, 0) is 53.6 Å². The quantitative estimate of drug-likeness (QED) is 0.282. The number of aliphatic hydroxyl groups excluding tert-OH is 2. The zero-order chi connectivity index (χ0) is 25.2. The van der Waals surface area contributed by atoms with Crippen LogP contribution >= 0.6 is 22.6 Å². The molecule has 0 bridgehead atoms. The number of hydrogen-bond donors (Lipinski definition) is 3. The summed E-state index contributed by atoms with van der Waals surface area (Å²) < 4.78 is 12.3. The Hall–Kier alpha value is -1.69. The van der Waals surface area contributed by atoms with Crippen LogP contribution in [0.4, 0.5) is 0 Å². The van der Waals surface area contributed by atoms with Crippen LogP contribution in [-0.4, -0.2) is 78.1 Å². The van der Waals surface area contributed by atoms with Crippen molar-refractivity contribution in [2.45, 2.75) is 75.7 Å². The third-order valence-corrected chi connectivity index (χ3v) is 7.59. The molecule has 0 aliphatic heterocycles. The molecule has 2 aliphatic carbocycles. The Kier molecular flexibility index (Phi) is 11.3. The third-order valence-electron chi connectivity index (χ3n) is 6.70. The van der Waals surface area contributed by atoms with E-state index in [9.17, 15) is 14.7 Å². The first-order valence-electron chi connectivity index (χ1n) is 12.4. The van der Waals surface area contributed by atoms with Gasteiger partial charge in [0, 0.05) is 31.7 Å². The normalized spacial score (nSPS) is 23.2. The number of methoxy groups -OCH3 is 1. The molecule has 1 fully saturated rings. The Morgan fingerprint density at radius 1 is 1.17 bits per heavy atom. The van der Waals surface area contributed by atoms with E-state index < -0.39 is 18.2 Å². The summed E-state index contributed by atoms with van der Waals surface area (Å²) >= 11 is 2.17. The average molecular weight is 600 g/mol. The second-order valence-electron chi connectivity index (χ2n) is 9.14. The van der Waals surface area contributed by atoms with Gasteiger partial charge in [-0.1, -0.05) is 37.8 Å². The lowest BCUT2D eigenvalue weighted by Crippen LogP contribution is -2.58. The fourth-order valence-electron chi connectivity index (χ4n) is 4.95. The molecule has 1 saturated carbocycles. The molecule has 3 N–H and O–H groups in total. The van der Waals surface area contributed by atoms with Crippen LogP contribution in [0.5, 0.6) is 5.75 Å². The number of ether oxygens (including phenoxy) is 2. The number of nitrogens with zero attached hydrogens (tertiary/aromatic N) is 1. The lowest BCUT2D eigenvalue weighted by atomic mass is 9.86. The number of halogens is 1. The van der Waals surface area contributed by atoms with E-state index in [1.54, 1.807) is 13.2 Å². The zero-order valence-corrected chi connectivity index (χ0v) is 22.5. The molecule has 2 aliphatic rings. The number of rotatable bonds is 10. The van der Waals surface area contributed by atoms with Gasteiger partial charge in [0.1, 0.15) is 18.0 Å². The van der Waals surface area contributed by atoms with E-state index in [0.717, 1.165) is 42.1 Å². The second-order valence-corrected chi connectivity index (χ2v) is 10.3. The molecular weight excluding hydrogens is 563 g/mol. The molecule has 35 heavy (non-hydrogen) atoms. The molecule has 9 heteroatoms. The number of aliphatic hydroxyl groups is 2. The van der Waals surface area contributed by atoms with Crippen LogP contribution in [0.25, 0.3) is 0 Å². The maximum atomic E-state index is 13.5. The number of hydrogen-bond acceptors (Lipinski definition) is 6. The first kappa shape index (κ1) is 27.9. The predicted octanol–water partition coefficient (Wildman–Crippen LogP) is 2.79. The summed E-state index contributed by atoms with van der Waals surface area (Å²) in [5, 5.41) is 23.4. The summed E-state index contributed by atoms with van der Waals surface area (Å²) in [4.78, 5) is 28.2. The molecule has 0 radical (unpaired) electrons. The van der Waals surface area contributed by atoms with E-state index in [-0.39, 0.29) is 43.8 Å². The van der Waals surface area contributed by atoms with E-state index >= 15 is 0 Å². The minimum absolute atomic E-state index is 0.00105. The molecular formula is C26H37IN2O6. The second kappa shape index (κ2) is 14.2. The summed E-state index contributed by atoms with van der Waals surface area (Å²) in [5.74, 6) is 0.209. The monoisotopic (exact) mass is 600 g/mol. The first-order valence-corrected chi connectivity index (χ1v) is 13.5. The minimum atomic E-state index is -1.00. The van der Waals surface area contributed by atoms with Crippen LogP contribution < -0.4 is 10.1 Å². The number of para-hydroxylation sites is 1. The SMILES string of the molecule is COCCC(=O)N(C1CCCCCC1)[C@@H]1CC(C(=O)NCCO)=C[C@H](Oc2ccccc2I)[C@H]1O. The van der Waals surface area contributed by atoms with Crippen LogP contribution in [0.1, 0.15) is 51.4 Å². The van der Waals surface area contributed by atoms with E-state index in [1.165, 1.54) is 0 Å². The van der Waals surface area contributed by atoms with Gasteiger partial charge in [-0.3, -0.25) is 9.59 Å². The van der Waals surface area contributed by atoms with Crippen molar-refractivity contribution in [3.05, 3.63) is 39.5 Å². The summed E-state index contributed by atoms with van der Waals surface area (Å²) in [6, 6.07) is 6.89. The van der Waals surface area contributed by atoms with E-state index in [0.29, 0.717) is 17.9 Å². The van der Waals surface area contributed by atoms with Crippen molar-refractivity contribution in [1.29, 1.82) is 0 Å². The van der Waals surface area contributed by atoms with Crippen molar-refractivity contribution in [2.24, 2.45) is 0 Å². The van der Waals surface area contributed by atoms with Gasteiger partial charge in [-0.25, -0.2) is 0 Å². The Morgan fingerprint density at radius 3 is 2.54 bits per heavy atom. The molecule has 2 amide bonds. The van der Waals surface area contributed by atoms with E-state index in [2.05, 4.69) is 27.9 Å². The summed E-state index contributed by atoms with van der Waals surface area (Å²) in [6.07, 6.45) is 6.37. The van der Waals surface area contributed by atoms with Crippen molar-refractivity contribution >= 4 is 34.4 Å². The van der Waals surface area contributed by atoms with E-state index in [4.69, 9.17) is 14.6 Å². The average Bonchev–Trinajstić information content (AvgIpc) is 3.14. The lowest BCUT2D eigenvalue weighted by molar-refractivity contribution is -0.143. The maximum Gasteiger partial charge on any atom is 0.247 e. The largest absolute Gasteiger partial charge is 0.482 e. The number of benzene rings is 1. The molecule has 3 rings (SSSR count). The number of amides is 2. The molecule has 0 unspecified atom stereocenters. The van der Waals surface area contributed by atoms with Crippen molar-refractivity contribution in [3.8, 4) is 5.75 Å². The smallest absolute Gasteiger partial charge is 0.247 e. The van der Waals surface area contributed by atoms with Crippen LogP contribution in [0.2, 0.25) is 0 Å². The fourth-order valence-corrected chi connectivity index (χ4v) is 5.46. The predicted molar refractivity (Wildman–Crippen MR) is 141 cm³/mol. The minimum Gasteiger partial charge on any atom is -0.482 e. The van der Waals surface area contributed by atoms with Crippen LogP contribution in [-0.2, 0) is 14.3 Å². The maximum absolute atomic E-state index is 13.5. The Balaban J connectivity index is 1.95. The molecule has 8 nitrogen and oxygen atoms in total. The molecule has 3 atom stereocenters. The van der Waals surface area contributed by atoms with Gasteiger partial charge in [0.05, 0.1) is 29.2 Å². The highest BCUT2D eigenvalue weighted by Crippen LogP contribution is 2.33. The van der Waals surface area contributed by atoms with Gasteiger partial charge in [0.15, 0.2) is 0 Å². The van der Waals surface area contributed by atoms with Gasteiger partial charge in [0.25, 0.3) is 0 Å². The van der Waals surface area contributed by atoms with Gasteiger partial charge in [-0.15, -0.1) is 0 Å². The topological polar surface area (TPSA) is 108 Å². The van der Waals surface area contributed by atoms with Crippen LogP contribution in [0.3, 0.4) is 0 Å². The van der Waals surface area contributed by atoms with Crippen molar-refractivity contribution in [2.75, 3.05) is 26.9 Å². The molecule has 0 spiro atoms. The van der Waals surface area contributed by atoms with Crippen LogP contribution in [0.15, 0.2) is 35.9 Å². The summed E-state index contributed by atoms with van der Waals surface area (Å²) in [6.45, 7) is 0.258. The Labute approximate surface area is 221 Å². The van der Waals surface area contributed by atoms with Crippen LogP contribution in [0, 0.1) is 3.57 Å². The number of nitrogens with one attached hydrogen (secondary N) is 1. The highest BCUT2D eigenvalue weighted by atomic mass is 127. The molecule has 1 aromatic carbocycles. The highest BCUT2D eigenvalue weighted by molar-refractivity contribution is 14.1. The Morgan fingerprint density at radius 2 is 1.89 bits per heavy atom. The fraction of sp³-hybridized carbons (Fsp3) is 0.615. The zero-order valence-electron chi connectivity index (χ0n) is 20.3. The molecule has 0 aromatic heterocycles. The molecule has 194 valence electrons. The molecule has 0 heterocycles. The Bertz CT molecular complexity index is 871. The standard InChI is InChI=1S/C26H37IN2O6/c1-34-15-12-24(31)29(19-8-4-2-3-5-9-19)21-16-18(26(33)28-13-14-30)17-23(25(21)32)35-22-11-7-6-10-20(22)27/h6-7,10-11,17,19,21,23,25,30,32H,2-5,8-9,12-16H2,1H3,(H,28,33)/t21-,23+,25+/m1/s1. The van der Waals surface area contributed by atoms with Gasteiger partial charge in [-0.2, -0.15) is 0 Å². The van der Waals surface area contributed by atoms with Gasteiger partial charge < -0.3 is 29.9 Å². The first-order chi connectivity index (χ1) is 17.0. The molecule has 0 saturated heterocycles. The van der Waals surface area contributed by atoms with Crippen molar-refractivity contribution in [3.63, 3.8) is 0 Å². The van der Waals surface area contributed by atoms with Gasteiger partial charge in [0.2, 0.25) is 11.8 Å². The van der Waals surface area contributed by atoms with Crippen molar-refractivity contribution in [1.82, 2.24) is 10.2 Å². The number of carbonyl (C=O) groups excluding carboxylic acids is 2. The third kappa shape index (κ3) is 7.65. The van der Waals surface area contributed by atoms with Crippen molar-refractivity contribution < 1.29 is 29.3 Å². The summed E-state index contributed by atoms with van der Waals surface area (Å²) in [5.41, 5.74) is 0.447. The highest BCUT2D eigenvalue weighted by Gasteiger charge is 2.42. The summed E-state index contributed by atoms with van der Waals surface area (Å²) in [7, 11) is 1.57.